The lowest BCUT2D eigenvalue weighted by molar-refractivity contribution is 0.159. The van der Waals surface area contributed by atoms with Crippen molar-refractivity contribution in [2.24, 2.45) is 5.92 Å². The van der Waals surface area contributed by atoms with Crippen LogP contribution in [0.3, 0.4) is 0 Å². The lowest BCUT2D eigenvalue weighted by atomic mass is 9.95. The highest BCUT2D eigenvalue weighted by Crippen LogP contribution is 2.39. The highest BCUT2D eigenvalue weighted by Gasteiger charge is 2.26. The van der Waals surface area contributed by atoms with Crippen molar-refractivity contribution in [2.45, 2.75) is 39.2 Å². The van der Waals surface area contributed by atoms with Crippen LogP contribution in [0.2, 0.25) is 0 Å². The van der Waals surface area contributed by atoms with Gasteiger partial charge in [0.2, 0.25) is 0 Å². The van der Waals surface area contributed by atoms with Crippen LogP contribution in [-0.2, 0) is 0 Å². The largest absolute Gasteiger partial charge is 0.388 e. The van der Waals surface area contributed by atoms with Crippen molar-refractivity contribution in [3.63, 3.8) is 0 Å². The number of aliphatic hydroxyl groups is 1. The third-order valence-corrected chi connectivity index (χ3v) is 3.15. The van der Waals surface area contributed by atoms with E-state index >= 15 is 0 Å². The van der Waals surface area contributed by atoms with Crippen LogP contribution in [0.1, 0.15) is 42.1 Å². The quantitative estimate of drug-likeness (QED) is 0.808. The Morgan fingerprint density at radius 1 is 1.33 bits per heavy atom. The molecule has 1 fully saturated rings. The van der Waals surface area contributed by atoms with Gasteiger partial charge in [-0.1, -0.05) is 12.8 Å². The van der Waals surface area contributed by atoms with Crippen molar-refractivity contribution < 1.29 is 9.50 Å². The molecule has 1 unspecified atom stereocenters. The molecule has 0 spiro atoms. The van der Waals surface area contributed by atoms with Gasteiger partial charge in [-0.05, 0) is 55.0 Å². The molecule has 2 heteroatoms. The molecule has 1 N–H and O–H groups in total. The fourth-order valence-electron chi connectivity index (χ4n) is 2.23. The first-order chi connectivity index (χ1) is 7.08. The van der Waals surface area contributed by atoms with Gasteiger partial charge >= 0.3 is 0 Å². The molecule has 1 aromatic rings. The van der Waals surface area contributed by atoms with Gasteiger partial charge in [0.05, 0.1) is 6.10 Å². The molecule has 0 heterocycles. The minimum Gasteiger partial charge on any atom is -0.388 e. The van der Waals surface area contributed by atoms with E-state index in [-0.39, 0.29) is 5.82 Å². The van der Waals surface area contributed by atoms with Gasteiger partial charge in [0.1, 0.15) is 5.82 Å². The van der Waals surface area contributed by atoms with Gasteiger partial charge in [0, 0.05) is 0 Å². The number of hydrogen-bond donors (Lipinski definition) is 1. The van der Waals surface area contributed by atoms with Gasteiger partial charge in [-0.25, -0.2) is 4.39 Å². The topological polar surface area (TPSA) is 20.2 Å². The average molecular weight is 208 g/mol. The predicted octanol–water partition coefficient (Wildman–Crippen LogP) is 3.28. The Bertz CT molecular complexity index is 346. The third kappa shape index (κ3) is 2.37. The lowest BCUT2D eigenvalue weighted by Gasteiger charge is -2.16. The molecule has 1 nitrogen and oxygen atoms in total. The van der Waals surface area contributed by atoms with Crippen LogP contribution in [-0.4, -0.2) is 5.11 Å². The fraction of sp³-hybridized carbons (Fsp3) is 0.538. The van der Waals surface area contributed by atoms with Gasteiger partial charge < -0.3 is 5.11 Å². The van der Waals surface area contributed by atoms with E-state index in [1.165, 1.54) is 25.0 Å². The summed E-state index contributed by atoms with van der Waals surface area (Å²) in [5, 5.41) is 10.1. The normalized spacial score (nSPS) is 17.9. The number of halogens is 1. The Labute approximate surface area is 89.9 Å². The molecule has 0 bridgehead atoms. The fourth-order valence-corrected chi connectivity index (χ4v) is 2.23. The summed E-state index contributed by atoms with van der Waals surface area (Å²) in [6, 6.07) is 3.00. The summed E-state index contributed by atoms with van der Waals surface area (Å²) in [5.74, 6) is 0.469. The smallest absolute Gasteiger partial charge is 0.123 e. The van der Waals surface area contributed by atoms with Crippen LogP contribution in [0.5, 0.6) is 0 Å². The summed E-state index contributed by atoms with van der Waals surface area (Å²) >= 11 is 0. The maximum absolute atomic E-state index is 13.1. The molecule has 0 saturated heterocycles. The summed E-state index contributed by atoms with van der Waals surface area (Å²) in [7, 11) is 0. The van der Waals surface area contributed by atoms with Gasteiger partial charge in [0.25, 0.3) is 0 Å². The number of aliphatic hydroxyl groups excluding tert-OH is 1. The second kappa shape index (κ2) is 3.93. The minimum atomic E-state index is -0.418. The zero-order chi connectivity index (χ0) is 11.0. The molecular formula is C13H17FO. The van der Waals surface area contributed by atoms with E-state index < -0.39 is 6.10 Å². The van der Waals surface area contributed by atoms with E-state index in [1.54, 1.807) is 0 Å². The first-order valence-corrected chi connectivity index (χ1v) is 5.52. The van der Waals surface area contributed by atoms with Crippen LogP contribution in [0, 0.1) is 25.6 Å². The predicted molar refractivity (Wildman–Crippen MR) is 58.2 cm³/mol. The lowest BCUT2D eigenvalue weighted by Crippen LogP contribution is -2.04. The van der Waals surface area contributed by atoms with Crippen LogP contribution < -0.4 is 0 Å². The standard InChI is InChI=1S/C13H17FO/c1-8-5-11(14)6-9(2)13(8)12(15)7-10-3-4-10/h5-6,10,12,15H,3-4,7H2,1-2H3. The van der Waals surface area contributed by atoms with Crippen molar-refractivity contribution in [3.8, 4) is 0 Å². The second-order valence-corrected chi connectivity index (χ2v) is 4.65. The number of hydrogen-bond acceptors (Lipinski definition) is 1. The molecule has 0 aliphatic heterocycles. The maximum Gasteiger partial charge on any atom is 0.123 e. The van der Waals surface area contributed by atoms with E-state index in [4.69, 9.17) is 0 Å². The first kappa shape index (κ1) is 10.6. The molecule has 1 aliphatic carbocycles. The Kier molecular flexibility index (Phi) is 2.79. The number of benzene rings is 1. The van der Waals surface area contributed by atoms with E-state index in [2.05, 4.69) is 0 Å². The SMILES string of the molecule is Cc1cc(F)cc(C)c1C(O)CC1CC1. The Morgan fingerprint density at radius 2 is 1.87 bits per heavy atom. The summed E-state index contributed by atoms with van der Waals surface area (Å²) in [6.07, 6.45) is 2.87. The maximum atomic E-state index is 13.1. The molecule has 2 rings (SSSR count). The average Bonchev–Trinajstić information content (AvgIpc) is 2.85. The summed E-state index contributed by atoms with van der Waals surface area (Å²) < 4.78 is 13.1. The van der Waals surface area contributed by atoms with E-state index in [9.17, 15) is 9.50 Å². The van der Waals surface area contributed by atoms with Gasteiger partial charge in [-0.3, -0.25) is 0 Å². The van der Waals surface area contributed by atoms with Crippen molar-refractivity contribution >= 4 is 0 Å². The van der Waals surface area contributed by atoms with Crippen molar-refractivity contribution in [2.75, 3.05) is 0 Å². The minimum absolute atomic E-state index is 0.215. The van der Waals surface area contributed by atoms with E-state index in [0.29, 0.717) is 5.92 Å². The van der Waals surface area contributed by atoms with Crippen LogP contribution >= 0.6 is 0 Å². The van der Waals surface area contributed by atoms with Gasteiger partial charge in [-0.15, -0.1) is 0 Å². The Hall–Kier alpha value is -0.890. The summed E-state index contributed by atoms with van der Waals surface area (Å²) in [6.45, 7) is 3.73. The van der Waals surface area contributed by atoms with Crippen LogP contribution in [0.25, 0.3) is 0 Å². The van der Waals surface area contributed by atoms with E-state index in [1.807, 2.05) is 13.8 Å². The zero-order valence-corrected chi connectivity index (χ0v) is 9.26. The van der Waals surface area contributed by atoms with Crippen molar-refractivity contribution in [3.05, 3.63) is 34.6 Å². The molecule has 1 atom stereocenters. The summed E-state index contributed by atoms with van der Waals surface area (Å²) in [4.78, 5) is 0. The van der Waals surface area contributed by atoms with Crippen molar-refractivity contribution in [1.29, 1.82) is 0 Å². The molecular weight excluding hydrogens is 191 g/mol. The van der Waals surface area contributed by atoms with Crippen LogP contribution in [0.4, 0.5) is 4.39 Å². The Morgan fingerprint density at radius 3 is 2.33 bits per heavy atom. The molecule has 0 amide bonds. The molecule has 1 aliphatic rings. The molecule has 1 aromatic carbocycles. The van der Waals surface area contributed by atoms with Gasteiger partial charge in [0.15, 0.2) is 0 Å². The van der Waals surface area contributed by atoms with Gasteiger partial charge in [-0.2, -0.15) is 0 Å². The second-order valence-electron chi connectivity index (χ2n) is 4.65. The molecule has 0 aromatic heterocycles. The third-order valence-electron chi connectivity index (χ3n) is 3.15. The summed E-state index contributed by atoms with van der Waals surface area (Å²) in [5.41, 5.74) is 2.64. The van der Waals surface area contributed by atoms with Crippen LogP contribution in [0.15, 0.2) is 12.1 Å². The van der Waals surface area contributed by atoms with Crippen molar-refractivity contribution in [1.82, 2.24) is 0 Å². The highest BCUT2D eigenvalue weighted by atomic mass is 19.1. The molecule has 82 valence electrons. The monoisotopic (exact) mass is 208 g/mol. The first-order valence-electron chi connectivity index (χ1n) is 5.52. The number of aryl methyl sites for hydroxylation is 2. The molecule has 1 saturated carbocycles. The number of rotatable bonds is 3. The highest BCUT2D eigenvalue weighted by molar-refractivity contribution is 5.36. The zero-order valence-electron chi connectivity index (χ0n) is 9.26. The van der Waals surface area contributed by atoms with E-state index in [0.717, 1.165) is 23.1 Å². The Balaban J connectivity index is 2.24. The molecule has 15 heavy (non-hydrogen) atoms. The molecule has 0 radical (unpaired) electrons.